The highest BCUT2D eigenvalue weighted by Crippen LogP contribution is 1.94. The second-order valence-electron chi connectivity index (χ2n) is 3.59. The van der Waals surface area contributed by atoms with E-state index in [0.29, 0.717) is 6.54 Å². The van der Waals surface area contributed by atoms with Crippen molar-refractivity contribution in [3.8, 4) is 0 Å². The van der Waals surface area contributed by atoms with E-state index in [2.05, 4.69) is 15.6 Å². The maximum Gasteiger partial charge on any atom is 0.323 e. The molecular weight excluding hydrogens is 196 g/mol. The van der Waals surface area contributed by atoms with Crippen LogP contribution in [0.15, 0.2) is 0 Å². The van der Waals surface area contributed by atoms with Crippen LogP contribution in [0.1, 0.15) is 6.92 Å². The average Bonchev–Trinajstić information content (AvgIpc) is 2.22. The fourth-order valence-corrected chi connectivity index (χ4v) is 1.35. The number of likely N-dealkylation sites (N-methyl/N-ethyl adjacent to an activating group) is 2. The van der Waals surface area contributed by atoms with Crippen LogP contribution in [0.5, 0.6) is 0 Å². The molecule has 2 amide bonds. The van der Waals surface area contributed by atoms with Crippen molar-refractivity contribution < 1.29 is 9.59 Å². The first-order chi connectivity index (χ1) is 7.13. The first-order valence-corrected chi connectivity index (χ1v) is 5.15. The molecule has 1 fully saturated rings. The van der Waals surface area contributed by atoms with E-state index in [0.717, 1.165) is 26.2 Å². The summed E-state index contributed by atoms with van der Waals surface area (Å²) >= 11 is 0. The molecule has 86 valence electrons. The van der Waals surface area contributed by atoms with Gasteiger partial charge >= 0.3 is 11.8 Å². The zero-order chi connectivity index (χ0) is 11.3. The number of nitrogens with zero attached hydrogens (tertiary/aromatic N) is 2. The van der Waals surface area contributed by atoms with E-state index < -0.39 is 11.8 Å². The summed E-state index contributed by atoms with van der Waals surface area (Å²) in [7, 11) is 2.03. The Hall–Kier alpha value is -1.14. The molecule has 0 bridgehead atoms. The largest absolute Gasteiger partial charge is 0.348 e. The zero-order valence-corrected chi connectivity index (χ0v) is 9.25. The van der Waals surface area contributed by atoms with Crippen molar-refractivity contribution in [1.82, 2.24) is 20.7 Å². The van der Waals surface area contributed by atoms with Crippen LogP contribution in [0.25, 0.3) is 0 Å². The van der Waals surface area contributed by atoms with E-state index in [4.69, 9.17) is 0 Å². The number of piperazine rings is 1. The van der Waals surface area contributed by atoms with Gasteiger partial charge in [-0.1, -0.05) is 0 Å². The van der Waals surface area contributed by atoms with Crippen molar-refractivity contribution in [2.45, 2.75) is 6.92 Å². The number of amides is 2. The summed E-state index contributed by atoms with van der Waals surface area (Å²) in [5, 5.41) is 4.23. The summed E-state index contributed by atoms with van der Waals surface area (Å²) in [6, 6.07) is 0. The maximum absolute atomic E-state index is 11.3. The van der Waals surface area contributed by atoms with Gasteiger partial charge in [-0.3, -0.25) is 15.0 Å². The van der Waals surface area contributed by atoms with Gasteiger partial charge in [-0.05, 0) is 14.0 Å². The zero-order valence-electron chi connectivity index (χ0n) is 9.25. The molecule has 0 aromatic rings. The van der Waals surface area contributed by atoms with E-state index in [-0.39, 0.29) is 0 Å². The van der Waals surface area contributed by atoms with Crippen molar-refractivity contribution in [1.29, 1.82) is 0 Å². The number of carbonyl (C=O) groups is 2. The first-order valence-electron chi connectivity index (χ1n) is 5.15. The van der Waals surface area contributed by atoms with Gasteiger partial charge in [0.2, 0.25) is 0 Å². The van der Waals surface area contributed by atoms with Crippen LogP contribution in [0.2, 0.25) is 0 Å². The molecule has 0 atom stereocenters. The van der Waals surface area contributed by atoms with Crippen molar-refractivity contribution >= 4 is 11.8 Å². The second-order valence-corrected chi connectivity index (χ2v) is 3.59. The highest BCUT2D eigenvalue weighted by atomic mass is 16.2. The number of carbonyl (C=O) groups excluding carboxylic acids is 2. The predicted octanol–water partition coefficient (Wildman–Crippen LogP) is -1.60. The smallest absolute Gasteiger partial charge is 0.323 e. The Bertz CT molecular complexity index is 236. The Kier molecular flexibility index (Phi) is 4.51. The Balaban J connectivity index is 2.29. The molecule has 1 aliphatic rings. The second kappa shape index (κ2) is 5.67. The lowest BCUT2D eigenvalue weighted by Crippen LogP contribution is -2.55. The molecule has 6 heteroatoms. The molecule has 15 heavy (non-hydrogen) atoms. The molecule has 0 aromatic carbocycles. The first kappa shape index (κ1) is 11.9. The third-order valence-electron chi connectivity index (χ3n) is 2.31. The molecule has 2 N–H and O–H groups in total. The number of hydrazine groups is 1. The normalized spacial score (nSPS) is 18.5. The summed E-state index contributed by atoms with van der Waals surface area (Å²) in [5.74, 6) is -1.15. The molecule has 0 saturated carbocycles. The highest BCUT2D eigenvalue weighted by Gasteiger charge is 2.19. The van der Waals surface area contributed by atoms with Crippen LogP contribution < -0.4 is 10.7 Å². The standard InChI is InChI=1S/C9H18N4O2/c1-3-10-8(14)9(15)11-13-6-4-12(2)5-7-13/h3-7H2,1-2H3,(H,10,14)(H,11,15). The number of hydrogen-bond acceptors (Lipinski definition) is 4. The highest BCUT2D eigenvalue weighted by molar-refractivity contribution is 6.34. The molecule has 6 nitrogen and oxygen atoms in total. The fourth-order valence-electron chi connectivity index (χ4n) is 1.35. The lowest BCUT2D eigenvalue weighted by molar-refractivity contribution is -0.142. The van der Waals surface area contributed by atoms with Crippen LogP contribution in [-0.4, -0.2) is 61.5 Å². The van der Waals surface area contributed by atoms with Gasteiger partial charge in [0.05, 0.1) is 0 Å². The number of nitrogens with one attached hydrogen (secondary N) is 2. The van der Waals surface area contributed by atoms with Gasteiger partial charge in [0.15, 0.2) is 0 Å². The lowest BCUT2D eigenvalue weighted by Gasteiger charge is -2.32. The van der Waals surface area contributed by atoms with Gasteiger partial charge in [0, 0.05) is 32.7 Å². The van der Waals surface area contributed by atoms with Gasteiger partial charge in [-0.15, -0.1) is 0 Å². The minimum Gasteiger partial charge on any atom is -0.348 e. The van der Waals surface area contributed by atoms with E-state index in [1.165, 1.54) is 0 Å². The van der Waals surface area contributed by atoms with Crippen molar-refractivity contribution in [3.05, 3.63) is 0 Å². The Morgan fingerprint density at radius 3 is 2.27 bits per heavy atom. The van der Waals surface area contributed by atoms with Crippen molar-refractivity contribution in [3.63, 3.8) is 0 Å². The van der Waals surface area contributed by atoms with Crippen molar-refractivity contribution in [2.75, 3.05) is 39.8 Å². The third-order valence-corrected chi connectivity index (χ3v) is 2.31. The molecule has 0 aliphatic carbocycles. The molecule has 1 aliphatic heterocycles. The minimum atomic E-state index is -0.582. The molecule has 0 unspecified atom stereocenters. The number of hydrogen-bond donors (Lipinski definition) is 2. The predicted molar refractivity (Wildman–Crippen MR) is 55.9 cm³/mol. The minimum absolute atomic E-state index is 0.467. The quantitative estimate of drug-likeness (QED) is 0.543. The van der Waals surface area contributed by atoms with E-state index in [1.54, 1.807) is 11.9 Å². The maximum atomic E-state index is 11.3. The molecule has 0 radical (unpaired) electrons. The fraction of sp³-hybridized carbons (Fsp3) is 0.778. The molecular formula is C9H18N4O2. The van der Waals surface area contributed by atoms with Gasteiger partial charge in [-0.2, -0.15) is 0 Å². The summed E-state index contributed by atoms with van der Waals surface area (Å²) in [5.41, 5.74) is 2.58. The summed E-state index contributed by atoms with van der Waals surface area (Å²) in [6.07, 6.45) is 0. The van der Waals surface area contributed by atoms with Gasteiger partial charge in [0.25, 0.3) is 0 Å². The van der Waals surface area contributed by atoms with Crippen LogP contribution >= 0.6 is 0 Å². The third kappa shape index (κ3) is 3.85. The van der Waals surface area contributed by atoms with Gasteiger partial charge in [-0.25, -0.2) is 5.01 Å². The summed E-state index contributed by atoms with van der Waals surface area (Å²) in [4.78, 5) is 24.6. The molecule has 1 rings (SSSR count). The summed E-state index contributed by atoms with van der Waals surface area (Å²) in [6.45, 7) is 5.55. The molecule has 0 spiro atoms. The Labute approximate surface area is 89.6 Å². The van der Waals surface area contributed by atoms with E-state index >= 15 is 0 Å². The topological polar surface area (TPSA) is 64.7 Å². The summed E-state index contributed by atoms with van der Waals surface area (Å²) < 4.78 is 0. The van der Waals surface area contributed by atoms with E-state index in [9.17, 15) is 9.59 Å². The van der Waals surface area contributed by atoms with Gasteiger partial charge in [0.1, 0.15) is 0 Å². The monoisotopic (exact) mass is 214 g/mol. The van der Waals surface area contributed by atoms with Crippen LogP contribution in [-0.2, 0) is 9.59 Å². The SMILES string of the molecule is CCNC(=O)C(=O)NN1CCN(C)CC1. The van der Waals surface area contributed by atoms with E-state index in [1.807, 2.05) is 7.05 Å². The number of rotatable bonds is 2. The molecule has 0 aromatic heterocycles. The van der Waals surface area contributed by atoms with Crippen LogP contribution in [0.3, 0.4) is 0 Å². The molecule has 1 saturated heterocycles. The van der Waals surface area contributed by atoms with Crippen molar-refractivity contribution in [2.24, 2.45) is 0 Å². The Morgan fingerprint density at radius 1 is 1.13 bits per heavy atom. The van der Waals surface area contributed by atoms with Crippen LogP contribution in [0, 0.1) is 0 Å². The Morgan fingerprint density at radius 2 is 1.73 bits per heavy atom. The lowest BCUT2D eigenvalue weighted by atomic mass is 10.4. The van der Waals surface area contributed by atoms with Gasteiger partial charge < -0.3 is 10.2 Å². The van der Waals surface area contributed by atoms with Crippen LogP contribution in [0.4, 0.5) is 0 Å². The molecule has 1 heterocycles. The average molecular weight is 214 g/mol.